The van der Waals surface area contributed by atoms with Gasteiger partial charge < -0.3 is 0 Å². The summed E-state index contributed by atoms with van der Waals surface area (Å²) in [6.45, 7) is 0.704. The zero-order valence-corrected chi connectivity index (χ0v) is 10.4. The van der Waals surface area contributed by atoms with Gasteiger partial charge in [-0.25, -0.2) is 4.39 Å². The summed E-state index contributed by atoms with van der Waals surface area (Å²) in [5.74, 6) is -0.253. The van der Waals surface area contributed by atoms with E-state index in [1.165, 1.54) is 17.7 Å². The summed E-state index contributed by atoms with van der Waals surface area (Å²) in [7, 11) is 0. The highest BCUT2D eigenvalue weighted by molar-refractivity contribution is 5.40. The normalized spacial score (nSPS) is 17.7. The predicted octanol–water partition coefficient (Wildman–Crippen LogP) is 3.25. The third-order valence-corrected chi connectivity index (χ3v) is 3.60. The van der Waals surface area contributed by atoms with Crippen molar-refractivity contribution in [1.82, 2.24) is 4.90 Å². The highest BCUT2D eigenvalue weighted by Gasteiger charge is 2.27. The Morgan fingerprint density at radius 2 is 1.84 bits per heavy atom. The van der Waals surface area contributed by atoms with Crippen LogP contribution in [0.25, 0.3) is 0 Å². The average molecular weight is 252 g/mol. The third kappa shape index (κ3) is 2.06. The first-order valence-electron chi connectivity index (χ1n) is 6.29. The van der Waals surface area contributed by atoms with Gasteiger partial charge in [0.15, 0.2) is 6.19 Å². The van der Waals surface area contributed by atoms with E-state index in [4.69, 9.17) is 0 Å². The molecule has 2 aromatic carbocycles. The third-order valence-electron chi connectivity index (χ3n) is 3.60. The van der Waals surface area contributed by atoms with Crippen LogP contribution < -0.4 is 0 Å². The van der Waals surface area contributed by atoms with Crippen molar-refractivity contribution in [1.29, 1.82) is 5.26 Å². The molecule has 0 amide bonds. The minimum absolute atomic E-state index is 0.101. The summed E-state index contributed by atoms with van der Waals surface area (Å²) in [5, 5.41) is 9.30. The second-order valence-corrected chi connectivity index (χ2v) is 4.70. The van der Waals surface area contributed by atoms with Gasteiger partial charge in [0.25, 0.3) is 0 Å². The van der Waals surface area contributed by atoms with Crippen molar-refractivity contribution in [2.45, 2.75) is 12.5 Å². The molecule has 3 rings (SSSR count). The number of nitrogens with zero attached hydrogens (tertiary/aromatic N) is 2. The molecular weight excluding hydrogens is 239 g/mol. The Hall–Kier alpha value is -2.34. The second kappa shape index (κ2) is 4.74. The zero-order valence-electron chi connectivity index (χ0n) is 10.4. The number of hydrogen-bond acceptors (Lipinski definition) is 2. The van der Waals surface area contributed by atoms with Crippen molar-refractivity contribution >= 4 is 0 Å². The molecule has 0 saturated carbocycles. The molecule has 1 heterocycles. The number of rotatable bonds is 1. The highest BCUT2D eigenvalue weighted by atomic mass is 19.1. The van der Waals surface area contributed by atoms with Gasteiger partial charge in [-0.2, -0.15) is 5.26 Å². The molecule has 1 aliphatic heterocycles. The molecular formula is C16H13FN2. The molecule has 2 nitrogen and oxygen atoms in total. The van der Waals surface area contributed by atoms with Crippen molar-refractivity contribution in [3.8, 4) is 6.19 Å². The quantitative estimate of drug-likeness (QED) is 0.728. The second-order valence-electron chi connectivity index (χ2n) is 4.70. The van der Waals surface area contributed by atoms with Gasteiger partial charge in [-0.05, 0) is 35.2 Å². The van der Waals surface area contributed by atoms with Crippen LogP contribution in [0.2, 0.25) is 0 Å². The number of fused-ring (bicyclic) bond motifs is 1. The fourth-order valence-corrected chi connectivity index (χ4v) is 2.68. The van der Waals surface area contributed by atoms with Crippen molar-refractivity contribution < 1.29 is 4.39 Å². The molecule has 0 aliphatic carbocycles. The van der Waals surface area contributed by atoms with E-state index < -0.39 is 0 Å². The molecule has 0 aromatic heterocycles. The van der Waals surface area contributed by atoms with E-state index >= 15 is 0 Å². The minimum atomic E-state index is -0.253. The number of benzene rings is 2. The topological polar surface area (TPSA) is 27.0 Å². The Bertz CT molecular complexity index is 628. The van der Waals surface area contributed by atoms with Gasteiger partial charge in [-0.3, -0.25) is 4.90 Å². The molecule has 0 bridgehead atoms. The summed E-state index contributed by atoms with van der Waals surface area (Å²) >= 11 is 0. The molecule has 0 radical (unpaired) electrons. The number of hydrogen-bond donors (Lipinski definition) is 0. The maximum absolute atomic E-state index is 13.1. The van der Waals surface area contributed by atoms with Gasteiger partial charge in [0.2, 0.25) is 0 Å². The van der Waals surface area contributed by atoms with Gasteiger partial charge in [0.05, 0.1) is 6.04 Å². The SMILES string of the molecule is N#CN1CCc2ccccc2[C@@H]1c1ccc(F)cc1. The molecule has 0 N–H and O–H groups in total. The zero-order chi connectivity index (χ0) is 13.2. The lowest BCUT2D eigenvalue weighted by Crippen LogP contribution is -2.32. The maximum atomic E-state index is 13.1. The molecule has 0 spiro atoms. The molecule has 19 heavy (non-hydrogen) atoms. The maximum Gasteiger partial charge on any atom is 0.180 e. The van der Waals surface area contributed by atoms with Crippen LogP contribution in [0.15, 0.2) is 48.5 Å². The summed E-state index contributed by atoms with van der Waals surface area (Å²) in [4.78, 5) is 1.76. The van der Waals surface area contributed by atoms with E-state index in [1.54, 1.807) is 17.0 Å². The number of halogens is 1. The van der Waals surface area contributed by atoms with Crippen LogP contribution in [-0.2, 0) is 6.42 Å². The minimum Gasteiger partial charge on any atom is -0.298 e. The first kappa shape index (κ1) is 11.7. The molecule has 2 aromatic rings. The van der Waals surface area contributed by atoms with E-state index in [-0.39, 0.29) is 11.9 Å². The summed E-state index contributed by atoms with van der Waals surface area (Å²) in [6, 6.07) is 14.4. The van der Waals surface area contributed by atoms with E-state index in [2.05, 4.69) is 12.3 Å². The lowest BCUT2D eigenvalue weighted by Gasteiger charge is -2.33. The lowest BCUT2D eigenvalue weighted by atomic mass is 9.88. The Balaban J connectivity index is 2.11. The molecule has 1 aliphatic rings. The summed E-state index contributed by atoms with van der Waals surface area (Å²) < 4.78 is 13.1. The fourth-order valence-electron chi connectivity index (χ4n) is 2.68. The van der Waals surface area contributed by atoms with Gasteiger partial charge >= 0.3 is 0 Å². The molecule has 3 heteroatoms. The van der Waals surface area contributed by atoms with Crippen LogP contribution in [0, 0.1) is 17.3 Å². The molecule has 0 saturated heterocycles. The summed E-state index contributed by atoms with van der Waals surface area (Å²) in [6.07, 6.45) is 3.12. The monoisotopic (exact) mass is 252 g/mol. The Morgan fingerprint density at radius 1 is 1.11 bits per heavy atom. The Labute approximate surface area is 111 Å². The van der Waals surface area contributed by atoms with Crippen molar-refractivity contribution in [3.63, 3.8) is 0 Å². The smallest absolute Gasteiger partial charge is 0.180 e. The van der Waals surface area contributed by atoms with Gasteiger partial charge in [0.1, 0.15) is 5.82 Å². The molecule has 0 unspecified atom stereocenters. The van der Waals surface area contributed by atoms with Crippen LogP contribution in [-0.4, -0.2) is 11.4 Å². The first-order chi connectivity index (χ1) is 9.29. The standard InChI is InChI=1S/C16H13FN2/c17-14-7-5-13(6-8-14)16-15-4-2-1-3-12(15)9-10-19(16)11-18/h1-8,16H,9-10H2/t16-/m0/s1. The van der Waals surface area contributed by atoms with E-state index in [0.717, 1.165) is 17.5 Å². The highest BCUT2D eigenvalue weighted by Crippen LogP contribution is 2.34. The van der Waals surface area contributed by atoms with E-state index in [9.17, 15) is 9.65 Å². The summed E-state index contributed by atoms with van der Waals surface area (Å²) in [5.41, 5.74) is 3.36. The van der Waals surface area contributed by atoms with Crippen molar-refractivity contribution in [2.75, 3.05) is 6.54 Å². The van der Waals surface area contributed by atoms with Crippen molar-refractivity contribution in [2.24, 2.45) is 0 Å². The fraction of sp³-hybridized carbons (Fsp3) is 0.188. The average Bonchev–Trinajstić information content (AvgIpc) is 2.47. The first-order valence-corrected chi connectivity index (χ1v) is 6.29. The van der Waals surface area contributed by atoms with Crippen LogP contribution in [0.4, 0.5) is 4.39 Å². The van der Waals surface area contributed by atoms with Crippen LogP contribution in [0.1, 0.15) is 22.7 Å². The lowest BCUT2D eigenvalue weighted by molar-refractivity contribution is 0.315. The largest absolute Gasteiger partial charge is 0.298 e. The van der Waals surface area contributed by atoms with Gasteiger partial charge in [0, 0.05) is 6.54 Å². The van der Waals surface area contributed by atoms with Crippen LogP contribution in [0.5, 0.6) is 0 Å². The van der Waals surface area contributed by atoms with E-state index in [0.29, 0.717) is 6.54 Å². The molecule has 1 atom stereocenters. The van der Waals surface area contributed by atoms with E-state index in [1.807, 2.05) is 18.2 Å². The predicted molar refractivity (Wildman–Crippen MR) is 70.7 cm³/mol. The molecule has 94 valence electrons. The van der Waals surface area contributed by atoms with Gasteiger partial charge in [-0.1, -0.05) is 36.4 Å². The Morgan fingerprint density at radius 3 is 2.58 bits per heavy atom. The van der Waals surface area contributed by atoms with Gasteiger partial charge in [-0.15, -0.1) is 0 Å². The van der Waals surface area contributed by atoms with Crippen LogP contribution >= 0.6 is 0 Å². The van der Waals surface area contributed by atoms with Crippen LogP contribution in [0.3, 0.4) is 0 Å². The van der Waals surface area contributed by atoms with Crippen molar-refractivity contribution in [3.05, 3.63) is 71.0 Å². The number of nitriles is 1. The molecule has 0 fully saturated rings. The Kier molecular flexibility index (Phi) is 2.92.